The summed E-state index contributed by atoms with van der Waals surface area (Å²) < 4.78 is 37.4. The lowest BCUT2D eigenvalue weighted by Gasteiger charge is -2.14. The lowest BCUT2D eigenvalue weighted by Crippen LogP contribution is -2.12. The van der Waals surface area contributed by atoms with E-state index in [1.807, 2.05) is 0 Å². The second-order valence-corrected chi connectivity index (χ2v) is 4.35. The molecule has 1 rings (SSSR count). The van der Waals surface area contributed by atoms with Gasteiger partial charge in [0.2, 0.25) is 0 Å². The van der Waals surface area contributed by atoms with Crippen LogP contribution in [0.4, 0.5) is 18.9 Å². The maximum Gasteiger partial charge on any atom is 0.416 e. The monoisotopic (exact) mass is 245 g/mol. The molecule has 1 aromatic carbocycles. The number of hydrogen-bond donors (Lipinski definition) is 1. The Bertz CT molecular complexity index is 347. The molecule has 17 heavy (non-hydrogen) atoms. The Hall–Kier alpha value is -1.19. The molecule has 0 aliphatic rings. The van der Waals surface area contributed by atoms with Crippen LogP contribution in [0.25, 0.3) is 0 Å². The van der Waals surface area contributed by atoms with Crippen LogP contribution in [-0.2, 0) is 6.18 Å². The van der Waals surface area contributed by atoms with Gasteiger partial charge in [-0.1, -0.05) is 26.3 Å². The van der Waals surface area contributed by atoms with E-state index >= 15 is 0 Å². The zero-order valence-electron chi connectivity index (χ0n) is 10.1. The van der Waals surface area contributed by atoms with Gasteiger partial charge in [0.1, 0.15) is 0 Å². The fourth-order valence-corrected chi connectivity index (χ4v) is 1.69. The van der Waals surface area contributed by atoms with Crippen molar-refractivity contribution in [2.75, 3.05) is 11.9 Å². The van der Waals surface area contributed by atoms with Gasteiger partial charge in [-0.25, -0.2) is 0 Å². The molecule has 0 radical (unpaired) electrons. The van der Waals surface area contributed by atoms with Gasteiger partial charge in [-0.3, -0.25) is 0 Å². The van der Waals surface area contributed by atoms with Gasteiger partial charge in [-0.2, -0.15) is 13.2 Å². The lowest BCUT2D eigenvalue weighted by atomic mass is 10.1. The zero-order valence-corrected chi connectivity index (χ0v) is 10.1. The van der Waals surface area contributed by atoms with Gasteiger partial charge in [-0.05, 0) is 30.5 Å². The van der Waals surface area contributed by atoms with Crippen LogP contribution in [0.1, 0.15) is 32.3 Å². The van der Waals surface area contributed by atoms with E-state index in [0.29, 0.717) is 18.2 Å². The Morgan fingerprint density at radius 1 is 1.29 bits per heavy atom. The first kappa shape index (κ1) is 13.9. The molecule has 1 unspecified atom stereocenters. The van der Waals surface area contributed by atoms with Gasteiger partial charge in [0.15, 0.2) is 0 Å². The first-order valence-electron chi connectivity index (χ1n) is 5.84. The minimum absolute atomic E-state index is 0.467. The highest BCUT2D eigenvalue weighted by Gasteiger charge is 2.30. The lowest BCUT2D eigenvalue weighted by molar-refractivity contribution is -0.137. The van der Waals surface area contributed by atoms with E-state index < -0.39 is 11.7 Å². The van der Waals surface area contributed by atoms with Crippen molar-refractivity contribution < 1.29 is 13.2 Å². The average Bonchev–Trinajstić information content (AvgIpc) is 2.26. The molecule has 1 aromatic rings. The van der Waals surface area contributed by atoms with Crippen LogP contribution in [0.2, 0.25) is 0 Å². The van der Waals surface area contributed by atoms with E-state index in [4.69, 9.17) is 0 Å². The molecule has 0 saturated carbocycles. The van der Waals surface area contributed by atoms with E-state index in [2.05, 4.69) is 19.2 Å². The van der Waals surface area contributed by atoms with Gasteiger partial charge in [0, 0.05) is 12.2 Å². The molecule has 0 amide bonds. The number of halogens is 3. The summed E-state index contributed by atoms with van der Waals surface area (Å²) in [6.45, 7) is 4.89. The van der Waals surface area contributed by atoms with Crippen molar-refractivity contribution in [2.45, 2.75) is 32.9 Å². The van der Waals surface area contributed by atoms with E-state index in [1.165, 1.54) is 6.07 Å². The van der Waals surface area contributed by atoms with Crippen molar-refractivity contribution in [1.82, 2.24) is 0 Å². The summed E-state index contributed by atoms with van der Waals surface area (Å²) in [5, 5.41) is 3.04. The van der Waals surface area contributed by atoms with Crippen LogP contribution in [0.3, 0.4) is 0 Å². The van der Waals surface area contributed by atoms with Crippen molar-refractivity contribution in [2.24, 2.45) is 5.92 Å². The van der Waals surface area contributed by atoms with Crippen molar-refractivity contribution >= 4 is 5.69 Å². The quantitative estimate of drug-likeness (QED) is 0.802. The molecule has 1 N–H and O–H groups in total. The smallest absolute Gasteiger partial charge is 0.385 e. The van der Waals surface area contributed by atoms with E-state index in [1.54, 1.807) is 6.07 Å². The molecule has 0 heterocycles. The summed E-state index contributed by atoms with van der Waals surface area (Å²) in [6, 6.07) is 5.32. The van der Waals surface area contributed by atoms with Crippen LogP contribution in [0.15, 0.2) is 24.3 Å². The number of benzene rings is 1. The number of hydrogen-bond acceptors (Lipinski definition) is 1. The second kappa shape index (κ2) is 5.94. The molecular weight excluding hydrogens is 227 g/mol. The van der Waals surface area contributed by atoms with Gasteiger partial charge in [-0.15, -0.1) is 0 Å². The average molecular weight is 245 g/mol. The molecular formula is C13H18F3N. The molecule has 1 nitrogen and oxygen atoms in total. The predicted octanol–water partition coefficient (Wildman–Crippen LogP) is 4.55. The van der Waals surface area contributed by atoms with Crippen LogP contribution in [-0.4, -0.2) is 6.54 Å². The Kier molecular flexibility index (Phi) is 4.85. The summed E-state index contributed by atoms with van der Waals surface area (Å²) in [5.74, 6) is 0.467. The maximum absolute atomic E-state index is 12.5. The van der Waals surface area contributed by atoms with Crippen LogP contribution in [0, 0.1) is 5.92 Å². The van der Waals surface area contributed by atoms with Crippen LogP contribution in [0.5, 0.6) is 0 Å². The summed E-state index contributed by atoms with van der Waals surface area (Å²) in [5.41, 5.74) is -0.0755. The van der Waals surface area contributed by atoms with Gasteiger partial charge in [0.05, 0.1) is 5.56 Å². The van der Waals surface area contributed by atoms with Gasteiger partial charge in [0.25, 0.3) is 0 Å². The van der Waals surface area contributed by atoms with Crippen LogP contribution < -0.4 is 5.32 Å². The summed E-state index contributed by atoms with van der Waals surface area (Å²) >= 11 is 0. The second-order valence-electron chi connectivity index (χ2n) is 4.35. The molecule has 96 valence electrons. The number of anilines is 1. The molecule has 0 spiro atoms. The molecule has 1 atom stereocenters. The molecule has 0 aliphatic heterocycles. The standard InChI is InChI=1S/C13H18F3N/c1-3-5-10(2)9-17-12-7-4-6-11(8-12)13(14,15)16/h4,6-8,10,17H,3,5,9H2,1-2H3. The van der Waals surface area contributed by atoms with E-state index in [0.717, 1.165) is 25.0 Å². The van der Waals surface area contributed by atoms with Crippen molar-refractivity contribution in [3.63, 3.8) is 0 Å². The van der Waals surface area contributed by atoms with Gasteiger partial charge >= 0.3 is 6.18 Å². The highest BCUT2D eigenvalue weighted by Crippen LogP contribution is 2.30. The van der Waals surface area contributed by atoms with E-state index in [-0.39, 0.29) is 0 Å². The minimum atomic E-state index is -4.27. The molecule has 0 bridgehead atoms. The molecule has 0 aliphatic carbocycles. The Morgan fingerprint density at radius 2 is 2.00 bits per heavy atom. The first-order chi connectivity index (χ1) is 7.93. The Labute approximate surface area is 100 Å². The summed E-state index contributed by atoms with van der Waals surface area (Å²) in [4.78, 5) is 0. The third-order valence-corrected chi connectivity index (χ3v) is 2.63. The van der Waals surface area contributed by atoms with Crippen molar-refractivity contribution in [1.29, 1.82) is 0 Å². The van der Waals surface area contributed by atoms with Crippen molar-refractivity contribution in [3.05, 3.63) is 29.8 Å². The SMILES string of the molecule is CCCC(C)CNc1cccc(C(F)(F)F)c1. The predicted molar refractivity (Wildman–Crippen MR) is 64.0 cm³/mol. The molecule has 0 saturated heterocycles. The van der Waals surface area contributed by atoms with Crippen LogP contribution >= 0.6 is 0 Å². The molecule has 4 heteroatoms. The van der Waals surface area contributed by atoms with E-state index in [9.17, 15) is 13.2 Å². The third kappa shape index (κ3) is 4.67. The summed E-state index contributed by atoms with van der Waals surface area (Å²) in [6.07, 6.45) is -2.11. The molecule has 0 aromatic heterocycles. The van der Waals surface area contributed by atoms with Gasteiger partial charge < -0.3 is 5.32 Å². The Balaban J connectivity index is 2.60. The molecule has 0 fully saturated rings. The minimum Gasteiger partial charge on any atom is -0.385 e. The number of alkyl halides is 3. The highest BCUT2D eigenvalue weighted by atomic mass is 19.4. The summed E-state index contributed by atoms with van der Waals surface area (Å²) in [7, 11) is 0. The highest BCUT2D eigenvalue weighted by molar-refractivity contribution is 5.46. The zero-order chi connectivity index (χ0) is 12.9. The third-order valence-electron chi connectivity index (χ3n) is 2.63. The largest absolute Gasteiger partial charge is 0.416 e. The fourth-order valence-electron chi connectivity index (χ4n) is 1.69. The number of rotatable bonds is 5. The number of nitrogens with one attached hydrogen (secondary N) is 1. The normalized spacial score (nSPS) is 13.5. The first-order valence-corrected chi connectivity index (χ1v) is 5.84. The maximum atomic E-state index is 12.5. The Morgan fingerprint density at radius 3 is 2.59 bits per heavy atom. The topological polar surface area (TPSA) is 12.0 Å². The van der Waals surface area contributed by atoms with Crippen molar-refractivity contribution in [3.8, 4) is 0 Å². The fraction of sp³-hybridized carbons (Fsp3) is 0.538.